The molecule has 0 radical (unpaired) electrons. The molecule has 1 aliphatic carbocycles. The molecule has 1 saturated heterocycles. The van der Waals surface area contributed by atoms with E-state index in [4.69, 9.17) is 4.74 Å². The van der Waals surface area contributed by atoms with Crippen molar-refractivity contribution < 1.29 is 4.74 Å². The van der Waals surface area contributed by atoms with Gasteiger partial charge in [-0.15, -0.1) is 0 Å². The summed E-state index contributed by atoms with van der Waals surface area (Å²) in [5.41, 5.74) is 2.24. The Morgan fingerprint density at radius 2 is 2.33 bits per heavy atom. The van der Waals surface area contributed by atoms with Gasteiger partial charge in [0, 0.05) is 0 Å². The van der Waals surface area contributed by atoms with Crippen molar-refractivity contribution in [3.8, 4) is 5.75 Å². The first-order valence-corrected chi connectivity index (χ1v) is 9.91. The Morgan fingerprint density at radius 3 is 2.94 bits per heavy atom. The Labute approximate surface area is 116 Å². The Balaban J connectivity index is 1.44. The fourth-order valence-corrected chi connectivity index (χ4v) is 3.95. The predicted molar refractivity (Wildman–Crippen MR) is 75.1 cm³/mol. The molecule has 0 amide bonds. The van der Waals surface area contributed by atoms with Crippen molar-refractivity contribution in [3.63, 3.8) is 0 Å². The molecule has 3 nitrogen and oxygen atoms in total. The van der Waals surface area contributed by atoms with Crippen LogP contribution in [0.25, 0.3) is 0 Å². The van der Waals surface area contributed by atoms with Gasteiger partial charge in [0.15, 0.2) is 0 Å². The number of ether oxygens (including phenoxy) is 1. The van der Waals surface area contributed by atoms with Gasteiger partial charge < -0.3 is 0 Å². The molecule has 2 fully saturated rings. The Morgan fingerprint density at radius 1 is 1.44 bits per heavy atom. The van der Waals surface area contributed by atoms with Crippen molar-refractivity contribution in [3.05, 3.63) is 18.3 Å². The van der Waals surface area contributed by atoms with Crippen LogP contribution in [0.5, 0.6) is 5.75 Å². The second-order valence-electron chi connectivity index (χ2n) is 5.38. The third-order valence-electron chi connectivity index (χ3n) is 4.27. The molecular weight excluding hydrogens is 287 g/mol. The predicted octanol–water partition coefficient (Wildman–Crippen LogP) is 1.05. The van der Waals surface area contributed by atoms with E-state index in [9.17, 15) is 0 Å². The van der Waals surface area contributed by atoms with Crippen LogP contribution in [-0.2, 0) is 0 Å². The molecule has 0 spiro atoms. The number of nitrogens with zero attached hydrogens (tertiary/aromatic N) is 2. The summed E-state index contributed by atoms with van der Waals surface area (Å²) in [5.74, 6) is 1.92. The van der Waals surface area contributed by atoms with Crippen molar-refractivity contribution in [2.75, 3.05) is 13.7 Å². The summed E-state index contributed by atoms with van der Waals surface area (Å²) >= 11 is -0.0255. The van der Waals surface area contributed by atoms with E-state index in [0.29, 0.717) is 0 Å². The van der Waals surface area contributed by atoms with Gasteiger partial charge in [0.1, 0.15) is 0 Å². The number of hydrogen-bond donors (Lipinski definition) is 0. The second-order valence-corrected chi connectivity index (χ2v) is 7.51. The van der Waals surface area contributed by atoms with E-state index in [-0.39, 0.29) is 15.8 Å². The summed E-state index contributed by atoms with van der Waals surface area (Å²) in [6.07, 6.45) is 5.83. The van der Waals surface area contributed by atoms with Gasteiger partial charge >= 0.3 is 116 Å². The Hall–Kier alpha value is -0.532. The zero-order valence-corrected chi connectivity index (χ0v) is 13.2. The summed E-state index contributed by atoms with van der Waals surface area (Å²) in [6.45, 7) is 0.817. The molecule has 0 N–H and O–H groups in total. The molecule has 18 heavy (non-hydrogen) atoms. The van der Waals surface area contributed by atoms with Gasteiger partial charge in [0.05, 0.1) is 0 Å². The molecule has 0 bridgehead atoms. The molecule has 2 aliphatic rings. The summed E-state index contributed by atoms with van der Waals surface area (Å²) in [6, 6.07) is 5.80. The zero-order valence-electron chi connectivity index (χ0n) is 11.1. The van der Waals surface area contributed by atoms with Crippen molar-refractivity contribution in [1.29, 1.82) is 0 Å². The normalized spacial score (nSPS) is 30.9. The molecule has 98 valence electrons. The van der Waals surface area contributed by atoms with Crippen molar-refractivity contribution in [2.24, 2.45) is 5.92 Å². The third-order valence-corrected chi connectivity index (χ3v) is 5.97. The molecule has 0 aromatic carbocycles. The number of rotatable bonds is 5. The minimum atomic E-state index is -0.0255. The van der Waals surface area contributed by atoms with Crippen LogP contribution in [0.1, 0.15) is 19.3 Å². The van der Waals surface area contributed by atoms with Crippen LogP contribution < -0.4 is 9.22 Å². The first-order chi connectivity index (χ1) is 8.78. The van der Waals surface area contributed by atoms with E-state index in [1.165, 1.54) is 17.3 Å². The molecule has 1 aliphatic heterocycles. The summed E-state index contributed by atoms with van der Waals surface area (Å²) in [5, 5.41) is 0. The number of hydrogen-bond acceptors (Lipinski definition) is 3. The van der Waals surface area contributed by atoms with Crippen LogP contribution in [0, 0.1) is 5.92 Å². The monoisotopic (exact) mass is 308 g/mol. The van der Waals surface area contributed by atoms with E-state index in [2.05, 4.69) is 34.8 Å². The first-order valence-electron chi connectivity index (χ1n) is 6.76. The number of aromatic nitrogens is 1. The van der Waals surface area contributed by atoms with Gasteiger partial charge in [-0.25, -0.2) is 0 Å². The number of piperidine rings is 1. The quantitative estimate of drug-likeness (QED) is 0.761. The van der Waals surface area contributed by atoms with E-state index >= 15 is 0 Å². The molecule has 4 unspecified atom stereocenters. The maximum atomic E-state index is 5.79. The van der Waals surface area contributed by atoms with Gasteiger partial charge in [-0.2, -0.15) is 0 Å². The van der Waals surface area contributed by atoms with E-state index in [1.54, 1.807) is 0 Å². The first kappa shape index (κ1) is 12.5. The summed E-state index contributed by atoms with van der Waals surface area (Å²) in [7, 11) is 2.27. The SMILES string of the molecule is C[AsH]c1ccc(OCCC2CC3CC3N2C)cn1. The van der Waals surface area contributed by atoms with Crippen LogP contribution in [0.15, 0.2) is 18.3 Å². The van der Waals surface area contributed by atoms with Gasteiger partial charge in [0.25, 0.3) is 0 Å². The van der Waals surface area contributed by atoms with E-state index in [1.807, 2.05) is 6.20 Å². The van der Waals surface area contributed by atoms with Crippen LogP contribution in [0.4, 0.5) is 0 Å². The van der Waals surface area contributed by atoms with E-state index < -0.39 is 0 Å². The number of pyridine rings is 1. The topological polar surface area (TPSA) is 25.4 Å². The van der Waals surface area contributed by atoms with Crippen LogP contribution in [-0.4, -0.2) is 51.4 Å². The molecule has 1 aromatic heterocycles. The second kappa shape index (κ2) is 5.22. The average Bonchev–Trinajstić information content (AvgIpc) is 3.11. The van der Waals surface area contributed by atoms with Crippen molar-refractivity contribution in [1.82, 2.24) is 9.88 Å². The molecular formula is C14H21AsN2O. The maximum absolute atomic E-state index is 5.79. The fourth-order valence-electron chi connectivity index (χ4n) is 3.02. The van der Waals surface area contributed by atoms with Crippen molar-refractivity contribution in [2.45, 2.75) is 37.1 Å². The summed E-state index contributed by atoms with van der Waals surface area (Å²) in [4.78, 5) is 6.95. The molecule has 2 heterocycles. The van der Waals surface area contributed by atoms with Crippen LogP contribution >= 0.6 is 0 Å². The Bertz CT molecular complexity index is 409. The molecule has 3 rings (SSSR count). The molecule has 4 heteroatoms. The van der Waals surface area contributed by atoms with E-state index in [0.717, 1.165) is 36.8 Å². The van der Waals surface area contributed by atoms with Crippen molar-refractivity contribution >= 4 is 20.2 Å². The summed E-state index contributed by atoms with van der Waals surface area (Å²) < 4.78 is 7.04. The van der Waals surface area contributed by atoms with Gasteiger partial charge in [-0.05, 0) is 0 Å². The number of fused-ring (bicyclic) bond motifs is 1. The zero-order chi connectivity index (χ0) is 12.5. The molecule has 4 atom stereocenters. The number of likely N-dealkylation sites (tertiary alicyclic amines) is 1. The minimum absolute atomic E-state index is 0.0255. The van der Waals surface area contributed by atoms with Gasteiger partial charge in [-0.1, -0.05) is 0 Å². The van der Waals surface area contributed by atoms with Gasteiger partial charge in [-0.3, -0.25) is 0 Å². The molecule has 1 aromatic rings. The van der Waals surface area contributed by atoms with Crippen LogP contribution in [0.2, 0.25) is 5.71 Å². The van der Waals surface area contributed by atoms with Crippen LogP contribution in [0.3, 0.4) is 0 Å². The third kappa shape index (κ3) is 2.57. The standard InChI is InChI=1S/C14H21AsN2O/c1-15-14-4-3-12(9-16-14)18-6-5-11-7-10-8-13(10)17(11)2/h3-4,9-11,13,15H,5-8H2,1-2H3. The van der Waals surface area contributed by atoms with Gasteiger partial charge in [0.2, 0.25) is 0 Å². The Kier molecular flexibility index (Phi) is 3.63. The molecule has 1 saturated carbocycles. The fraction of sp³-hybridized carbons (Fsp3) is 0.643. The average molecular weight is 308 g/mol.